The van der Waals surface area contributed by atoms with Gasteiger partial charge in [-0.3, -0.25) is 4.79 Å². The molecule has 1 heterocycles. The molecule has 0 spiro atoms. The molecule has 3 amide bonds. The molecule has 2 aromatic carbocycles. The number of amides is 3. The zero-order valence-corrected chi connectivity index (χ0v) is 14.2. The van der Waals surface area contributed by atoms with E-state index in [4.69, 9.17) is 0 Å². The van der Waals surface area contributed by atoms with Crippen molar-refractivity contribution in [3.05, 3.63) is 59.4 Å². The molecule has 5 nitrogen and oxygen atoms in total. The largest absolute Gasteiger partial charge is 0.333 e. The number of para-hydroxylation sites is 1. The number of anilines is 2. The van der Waals surface area contributed by atoms with Gasteiger partial charge in [-0.1, -0.05) is 18.2 Å². The van der Waals surface area contributed by atoms with E-state index >= 15 is 0 Å². The third-order valence-electron chi connectivity index (χ3n) is 4.32. The van der Waals surface area contributed by atoms with E-state index in [9.17, 15) is 14.0 Å². The van der Waals surface area contributed by atoms with Crippen LogP contribution in [0.25, 0.3) is 0 Å². The SMILES string of the molecule is Cc1cccc(C)c1NC(=O)N[C@H]1CC(=O)N(c2ccc(F)cc2)C1. The molecule has 130 valence electrons. The molecule has 0 bridgehead atoms. The maximum atomic E-state index is 13.0. The number of urea groups is 1. The summed E-state index contributed by atoms with van der Waals surface area (Å²) in [6.07, 6.45) is 0.220. The predicted molar refractivity (Wildman–Crippen MR) is 95.2 cm³/mol. The number of nitrogens with zero attached hydrogens (tertiary/aromatic N) is 1. The minimum Gasteiger partial charge on any atom is -0.333 e. The third kappa shape index (κ3) is 3.79. The second-order valence-electron chi connectivity index (χ2n) is 6.25. The van der Waals surface area contributed by atoms with E-state index in [0.29, 0.717) is 12.2 Å². The standard InChI is InChI=1S/C19H20FN3O2/c1-12-4-3-5-13(2)18(12)22-19(25)21-15-10-17(24)23(11-15)16-8-6-14(20)7-9-16/h3-9,15H,10-11H2,1-2H3,(H2,21,22,25)/t15-/m0/s1. The molecular weight excluding hydrogens is 321 g/mol. The van der Waals surface area contributed by atoms with Crippen LogP contribution in [-0.4, -0.2) is 24.5 Å². The number of aryl methyl sites for hydroxylation is 2. The first-order valence-corrected chi connectivity index (χ1v) is 8.13. The number of carbonyl (C=O) groups excluding carboxylic acids is 2. The Labute approximate surface area is 145 Å². The molecule has 0 saturated carbocycles. The molecular formula is C19H20FN3O2. The van der Waals surface area contributed by atoms with Gasteiger partial charge in [0, 0.05) is 24.3 Å². The molecule has 0 aliphatic carbocycles. The van der Waals surface area contributed by atoms with Gasteiger partial charge in [0.25, 0.3) is 0 Å². The fourth-order valence-corrected chi connectivity index (χ4v) is 3.02. The summed E-state index contributed by atoms with van der Waals surface area (Å²) in [5.41, 5.74) is 3.36. The molecule has 0 aromatic heterocycles. The van der Waals surface area contributed by atoms with Crippen LogP contribution in [0.3, 0.4) is 0 Å². The summed E-state index contributed by atoms with van der Waals surface area (Å²) in [6, 6.07) is 10.9. The molecule has 2 aromatic rings. The lowest BCUT2D eigenvalue weighted by Gasteiger charge is -2.18. The van der Waals surface area contributed by atoms with Crippen molar-refractivity contribution in [3.63, 3.8) is 0 Å². The van der Waals surface area contributed by atoms with Gasteiger partial charge in [0.2, 0.25) is 5.91 Å². The van der Waals surface area contributed by atoms with Crippen LogP contribution >= 0.6 is 0 Å². The van der Waals surface area contributed by atoms with E-state index in [0.717, 1.165) is 16.8 Å². The second kappa shape index (κ2) is 6.93. The summed E-state index contributed by atoms with van der Waals surface area (Å²) in [5.74, 6) is -0.443. The van der Waals surface area contributed by atoms with Crippen LogP contribution in [0.4, 0.5) is 20.6 Å². The van der Waals surface area contributed by atoms with E-state index in [1.54, 1.807) is 17.0 Å². The van der Waals surface area contributed by atoms with Gasteiger partial charge < -0.3 is 15.5 Å². The molecule has 1 aliphatic rings. The van der Waals surface area contributed by atoms with Gasteiger partial charge in [0.15, 0.2) is 0 Å². The highest BCUT2D eigenvalue weighted by Crippen LogP contribution is 2.22. The second-order valence-corrected chi connectivity index (χ2v) is 6.25. The summed E-state index contributed by atoms with van der Waals surface area (Å²) in [4.78, 5) is 26.0. The first-order valence-electron chi connectivity index (χ1n) is 8.13. The van der Waals surface area contributed by atoms with E-state index in [1.165, 1.54) is 12.1 Å². The van der Waals surface area contributed by atoms with E-state index in [1.807, 2.05) is 32.0 Å². The molecule has 2 N–H and O–H groups in total. The quantitative estimate of drug-likeness (QED) is 0.899. The molecule has 0 radical (unpaired) electrons. The number of halogens is 1. The summed E-state index contributed by atoms with van der Waals surface area (Å²) >= 11 is 0. The van der Waals surface area contributed by atoms with Crippen LogP contribution in [0.1, 0.15) is 17.5 Å². The Balaban J connectivity index is 1.63. The Kier molecular flexibility index (Phi) is 4.70. The van der Waals surface area contributed by atoms with Crippen molar-refractivity contribution in [2.24, 2.45) is 0 Å². The van der Waals surface area contributed by atoms with Gasteiger partial charge in [0.05, 0.1) is 6.04 Å². The molecule has 3 rings (SSSR count). The third-order valence-corrected chi connectivity index (χ3v) is 4.32. The Morgan fingerprint density at radius 2 is 1.76 bits per heavy atom. The Morgan fingerprint density at radius 3 is 2.40 bits per heavy atom. The molecule has 0 unspecified atom stereocenters. The lowest BCUT2D eigenvalue weighted by molar-refractivity contribution is -0.117. The monoisotopic (exact) mass is 341 g/mol. The molecule has 1 atom stereocenters. The van der Waals surface area contributed by atoms with Crippen LogP contribution in [0.5, 0.6) is 0 Å². The van der Waals surface area contributed by atoms with Crippen molar-refractivity contribution in [2.75, 3.05) is 16.8 Å². The van der Waals surface area contributed by atoms with Crippen molar-refractivity contribution in [1.29, 1.82) is 0 Å². The topological polar surface area (TPSA) is 61.4 Å². The van der Waals surface area contributed by atoms with Crippen LogP contribution < -0.4 is 15.5 Å². The number of benzene rings is 2. The molecule has 1 aliphatic heterocycles. The zero-order valence-electron chi connectivity index (χ0n) is 14.2. The average molecular weight is 341 g/mol. The van der Waals surface area contributed by atoms with Gasteiger partial charge in [-0.15, -0.1) is 0 Å². The lowest BCUT2D eigenvalue weighted by atomic mass is 10.1. The lowest BCUT2D eigenvalue weighted by Crippen LogP contribution is -2.40. The number of nitrogens with one attached hydrogen (secondary N) is 2. The van der Waals surface area contributed by atoms with Crippen molar-refractivity contribution >= 4 is 23.3 Å². The van der Waals surface area contributed by atoms with Crippen molar-refractivity contribution in [3.8, 4) is 0 Å². The predicted octanol–water partition coefficient (Wildman–Crippen LogP) is 3.37. The molecule has 1 saturated heterocycles. The van der Waals surface area contributed by atoms with Crippen LogP contribution in [0.15, 0.2) is 42.5 Å². The minimum atomic E-state index is -0.349. The summed E-state index contributed by atoms with van der Waals surface area (Å²) in [6.45, 7) is 4.22. The van der Waals surface area contributed by atoms with Crippen molar-refractivity contribution < 1.29 is 14.0 Å². The number of hydrogen-bond donors (Lipinski definition) is 2. The first kappa shape index (κ1) is 17.0. The fraction of sp³-hybridized carbons (Fsp3) is 0.263. The van der Waals surface area contributed by atoms with Gasteiger partial charge in [-0.2, -0.15) is 0 Å². The summed E-state index contributed by atoms with van der Waals surface area (Å²) < 4.78 is 13.0. The molecule has 6 heteroatoms. The van der Waals surface area contributed by atoms with E-state index in [-0.39, 0.29) is 30.2 Å². The van der Waals surface area contributed by atoms with E-state index < -0.39 is 0 Å². The fourth-order valence-electron chi connectivity index (χ4n) is 3.02. The Bertz CT molecular complexity index is 785. The normalized spacial score (nSPS) is 16.8. The van der Waals surface area contributed by atoms with Crippen molar-refractivity contribution in [2.45, 2.75) is 26.3 Å². The molecule has 1 fully saturated rings. The Morgan fingerprint density at radius 1 is 1.12 bits per heavy atom. The van der Waals surface area contributed by atoms with Crippen LogP contribution in [-0.2, 0) is 4.79 Å². The summed E-state index contributed by atoms with van der Waals surface area (Å²) in [5, 5.41) is 5.69. The van der Waals surface area contributed by atoms with E-state index in [2.05, 4.69) is 10.6 Å². The maximum absolute atomic E-state index is 13.0. The highest BCUT2D eigenvalue weighted by atomic mass is 19.1. The first-order chi connectivity index (χ1) is 11.9. The average Bonchev–Trinajstić information content (AvgIpc) is 2.92. The smallest absolute Gasteiger partial charge is 0.319 e. The zero-order chi connectivity index (χ0) is 18.0. The van der Waals surface area contributed by atoms with Crippen LogP contribution in [0.2, 0.25) is 0 Å². The van der Waals surface area contributed by atoms with Crippen molar-refractivity contribution in [1.82, 2.24) is 5.32 Å². The number of rotatable bonds is 3. The van der Waals surface area contributed by atoms with Gasteiger partial charge in [0.1, 0.15) is 5.82 Å². The molecule has 25 heavy (non-hydrogen) atoms. The maximum Gasteiger partial charge on any atom is 0.319 e. The van der Waals surface area contributed by atoms with Crippen LogP contribution in [0, 0.1) is 19.7 Å². The highest BCUT2D eigenvalue weighted by molar-refractivity contribution is 5.97. The number of carbonyl (C=O) groups is 2. The van der Waals surface area contributed by atoms with Gasteiger partial charge in [-0.05, 0) is 49.2 Å². The minimum absolute atomic E-state index is 0.0935. The number of hydrogen-bond acceptors (Lipinski definition) is 2. The Hall–Kier alpha value is -2.89. The van der Waals surface area contributed by atoms with Gasteiger partial charge >= 0.3 is 6.03 Å². The van der Waals surface area contributed by atoms with Gasteiger partial charge in [-0.25, -0.2) is 9.18 Å². The highest BCUT2D eigenvalue weighted by Gasteiger charge is 2.31. The summed E-state index contributed by atoms with van der Waals surface area (Å²) in [7, 11) is 0.